The van der Waals surface area contributed by atoms with Crippen molar-refractivity contribution < 1.29 is 48.8 Å². The molecule has 0 saturated heterocycles. The molecule has 280 valence electrons. The summed E-state index contributed by atoms with van der Waals surface area (Å²) in [6, 6.07) is 0. The Morgan fingerprint density at radius 1 is 0.444 bits per heavy atom. The van der Waals surface area contributed by atoms with Crippen molar-refractivity contribution in [3.8, 4) is 0 Å². The third-order valence-electron chi connectivity index (χ3n) is 4.89. The minimum atomic E-state index is -0.445. The number of aliphatic hydroxyl groups excluding tert-OH is 4. The quantitative estimate of drug-likeness (QED) is 0.0941. The van der Waals surface area contributed by atoms with Crippen molar-refractivity contribution in [1.82, 2.24) is 0 Å². The van der Waals surface area contributed by atoms with Crippen molar-refractivity contribution in [1.29, 1.82) is 0 Å². The van der Waals surface area contributed by atoms with Crippen LogP contribution in [0.25, 0.3) is 0 Å². The van der Waals surface area contributed by atoms with Gasteiger partial charge in [0.1, 0.15) is 0 Å². The van der Waals surface area contributed by atoms with E-state index in [2.05, 4.69) is 27.7 Å². The Morgan fingerprint density at radius 3 is 1.20 bits per heavy atom. The maximum atomic E-state index is 8.73. The van der Waals surface area contributed by atoms with E-state index in [9.17, 15) is 0 Å². The third kappa shape index (κ3) is 71.0. The second-order valence-corrected chi connectivity index (χ2v) is 11.7. The number of ether oxygens (including phenoxy) is 6. The van der Waals surface area contributed by atoms with Crippen LogP contribution in [0, 0.1) is 0 Å². The van der Waals surface area contributed by atoms with Gasteiger partial charge in [-0.2, -0.15) is 0 Å². The average molecular weight is 661 g/mol. The second kappa shape index (κ2) is 45.7. The van der Waals surface area contributed by atoms with Crippen LogP contribution in [0.2, 0.25) is 0 Å². The zero-order valence-corrected chi connectivity index (χ0v) is 31.9. The van der Waals surface area contributed by atoms with E-state index < -0.39 is 6.10 Å². The molecule has 0 rings (SSSR count). The number of hydrogen-bond acceptors (Lipinski definition) is 10. The van der Waals surface area contributed by atoms with E-state index in [4.69, 9.17) is 48.8 Å². The van der Waals surface area contributed by atoms with Crippen LogP contribution < -0.4 is 0 Å². The average Bonchev–Trinajstić information content (AvgIpc) is 2.97. The molecular weight excluding hydrogens is 580 g/mol. The Balaban J connectivity index is -0.000000151. The molecular formula is C35H80O10. The van der Waals surface area contributed by atoms with E-state index in [1.54, 1.807) is 20.8 Å². The van der Waals surface area contributed by atoms with Gasteiger partial charge in [0.25, 0.3) is 0 Å². The minimum absolute atomic E-state index is 0.00667. The Kier molecular flexibility index (Phi) is 54.9. The van der Waals surface area contributed by atoms with Gasteiger partial charge in [0.2, 0.25) is 0 Å². The van der Waals surface area contributed by atoms with Crippen molar-refractivity contribution >= 4 is 0 Å². The molecule has 0 aliphatic rings. The normalized spacial score (nSPS) is 13.9. The highest BCUT2D eigenvalue weighted by atomic mass is 16.5. The van der Waals surface area contributed by atoms with E-state index in [-0.39, 0.29) is 37.6 Å². The minimum Gasteiger partial charge on any atom is -0.394 e. The highest BCUT2D eigenvalue weighted by molar-refractivity contribution is 4.51. The zero-order chi connectivity index (χ0) is 35.9. The highest BCUT2D eigenvalue weighted by Crippen LogP contribution is 1.98. The molecule has 0 bridgehead atoms. The first-order valence-electron chi connectivity index (χ1n) is 17.4. The van der Waals surface area contributed by atoms with Crippen LogP contribution >= 0.6 is 0 Å². The summed E-state index contributed by atoms with van der Waals surface area (Å²) in [5.74, 6) is 0. The molecule has 0 saturated carbocycles. The summed E-state index contributed by atoms with van der Waals surface area (Å²) in [7, 11) is 0. The fourth-order valence-corrected chi connectivity index (χ4v) is 2.62. The van der Waals surface area contributed by atoms with Crippen molar-refractivity contribution in [3.05, 3.63) is 0 Å². The monoisotopic (exact) mass is 661 g/mol. The van der Waals surface area contributed by atoms with Gasteiger partial charge in [-0.3, -0.25) is 0 Å². The Labute approximate surface area is 279 Å². The third-order valence-corrected chi connectivity index (χ3v) is 4.89. The van der Waals surface area contributed by atoms with Gasteiger partial charge in [0.15, 0.2) is 0 Å². The zero-order valence-electron chi connectivity index (χ0n) is 31.9. The van der Waals surface area contributed by atoms with E-state index in [0.29, 0.717) is 32.0 Å². The molecule has 0 radical (unpaired) electrons. The van der Waals surface area contributed by atoms with Gasteiger partial charge in [-0.1, -0.05) is 40.5 Å². The van der Waals surface area contributed by atoms with Gasteiger partial charge in [-0.05, 0) is 88.0 Å². The van der Waals surface area contributed by atoms with Crippen LogP contribution in [0.4, 0.5) is 0 Å². The molecule has 0 aliphatic carbocycles. The Morgan fingerprint density at radius 2 is 0.867 bits per heavy atom. The topological polar surface area (TPSA) is 136 Å². The molecule has 5 atom stereocenters. The van der Waals surface area contributed by atoms with Crippen LogP contribution in [0.3, 0.4) is 0 Å². The SMILES string of the molecule is CC(C)OC(C)C.CC(O)COC(C)CO.CCCCOC(C)COC(C)CO.CCCCOCC(C)O.CCCOCCC. The van der Waals surface area contributed by atoms with E-state index in [1.807, 2.05) is 41.5 Å². The van der Waals surface area contributed by atoms with Gasteiger partial charge in [-0.25, -0.2) is 0 Å². The van der Waals surface area contributed by atoms with Crippen molar-refractivity contribution in [2.75, 3.05) is 59.5 Å². The summed E-state index contributed by atoms with van der Waals surface area (Å²) in [4.78, 5) is 0. The van der Waals surface area contributed by atoms with Crippen molar-refractivity contribution in [3.63, 3.8) is 0 Å². The molecule has 0 aromatic rings. The lowest BCUT2D eigenvalue weighted by atomic mass is 10.3. The standard InChI is InChI=1S/C10H22O3.C7H16O2.C6H14O3.2C6H14O/c1-4-5-6-12-10(3)8-13-9(2)7-11;1-3-4-5-9-6-7(2)8;1-5(8)4-9-6(2)3-7;1-5(2)7-6(3)4;1-3-5-7-6-4-2/h9-11H,4-8H2,1-3H3;7-8H,3-6H2,1-2H3;5-8H,3-4H2,1-2H3;5-6H,1-4H3;3-6H2,1-2H3. The summed E-state index contributed by atoms with van der Waals surface area (Å²) in [5.41, 5.74) is 0. The number of hydrogen-bond donors (Lipinski definition) is 4. The van der Waals surface area contributed by atoms with Crippen molar-refractivity contribution in [2.45, 2.75) is 171 Å². The fourth-order valence-electron chi connectivity index (χ4n) is 2.62. The van der Waals surface area contributed by atoms with E-state index in [1.165, 1.54) is 0 Å². The van der Waals surface area contributed by atoms with Gasteiger partial charge in [-0.15, -0.1) is 0 Å². The summed E-state index contributed by atoms with van der Waals surface area (Å²) >= 11 is 0. The Bertz CT molecular complexity index is 469. The Hall–Kier alpha value is -0.400. The maximum absolute atomic E-state index is 8.73. The molecule has 0 amide bonds. The van der Waals surface area contributed by atoms with Gasteiger partial charge in [0, 0.05) is 26.4 Å². The summed E-state index contributed by atoms with van der Waals surface area (Å²) in [5, 5.41) is 34.6. The number of unbranched alkanes of at least 4 members (excludes halogenated alkanes) is 2. The molecule has 0 aliphatic heterocycles. The van der Waals surface area contributed by atoms with E-state index >= 15 is 0 Å². The molecule has 0 heterocycles. The van der Waals surface area contributed by atoms with Crippen LogP contribution in [0.15, 0.2) is 0 Å². The van der Waals surface area contributed by atoms with E-state index in [0.717, 1.165) is 65.0 Å². The molecule has 0 spiro atoms. The van der Waals surface area contributed by atoms with Crippen LogP contribution in [-0.2, 0) is 28.4 Å². The van der Waals surface area contributed by atoms with Gasteiger partial charge >= 0.3 is 0 Å². The van der Waals surface area contributed by atoms with Crippen LogP contribution in [-0.4, -0.2) is 123 Å². The van der Waals surface area contributed by atoms with Gasteiger partial charge in [0.05, 0.1) is 75.8 Å². The van der Waals surface area contributed by atoms with Gasteiger partial charge < -0.3 is 48.8 Å². The summed E-state index contributed by atoms with van der Waals surface area (Å²) < 4.78 is 31.2. The predicted octanol–water partition coefficient (Wildman–Crippen LogP) is 6.18. The maximum Gasteiger partial charge on any atom is 0.0780 e. The first-order valence-corrected chi connectivity index (χ1v) is 17.4. The molecule has 4 N–H and O–H groups in total. The van der Waals surface area contributed by atoms with Crippen molar-refractivity contribution in [2.24, 2.45) is 0 Å². The van der Waals surface area contributed by atoms with Crippen LogP contribution in [0.1, 0.15) is 129 Å². The fraction of sp³-hybridized carbons (Fsp3) is 1.00. The number of aliphatic hydroxyl groups is 4. The molecule has 45 heavy (non-hydrogen) atoms. The molecule has 0 aromatic carbocycles. The molecule has 10 nitrogen and oxygen atoms in total. The smallest absolute Gasteiger partial charge is 0.0780 e. The molecule has 0 aromatic heterocycles. The number of rotatable bonds is 23. The molecule has 5 unspecified atom stereocenters. The predicted molar refractivity (Wildman–Crippen MR) is 187 cm³/mol. The lowest BCUT2D eigenvalue weighted by Crippen LogP contribution is -2.22. The second-order valence-electron chi connectivity index (χ2n) is 11.7. The summed E-state index contributed by atoms with van der Waals surface area (Å²) in [6.45, 7) is 30.4. The lowest BCUT2D eigenvalue weighted by Gasteiger charge is -2.15. The lowest BCUT2D eigenvalue weighted by molar-refractivity contribution is -0.0457. The summed E-state index contributed by atoms with van der Waals surface area (Å²) in [6.07, 6.45) is 6.63. The molecule has 10 heteroatoms. The highest BCUT2D eigenvalue weighted by Gasteiger charge is 2.05. The first-order chi connectivity index (χ1) is 21.2. The van der Waals surface area contributed by atoms with Crippen LogP contribution in [0.5, 0.6) is 0 Å². The molecule has 0 fully saturated rings. The first kappa shape index (κ1) is 54.1. The largest absolute Gasteiger partial charge is 0.394 e.